The van der Waals surface area contributed by atoms with E-state index in [1.54, 1.807) is 0 Å². The Hall–Kier alpha value is -1.13. The van der Waals surface area contributed by atoms with Crippen molar-refractivity contribution >= 4 is 5.69 Å². The van der Waals surface area contributed by atoms with E-state index < -0.39 is 0 Å². The SMILES string of the molecule is CN(C)CCN(C)c1ccnc(CNC(C)(C)C)c1. The quantitative estimate of drug-likeness (QED) is 0.851. The highest BCUT2D eigenvalue weighted by atomic mass is 15.2. The number of rotatable bonds is 6. The number of likely N-dealkylation sites (N-methyl/N-ethyl adjacent to an activating group) is 2. The molecule has 1 aromatic heterocycles. The van der Waals surface area contributed by atoms with Gasteiger partial charge in [-0.1, -0.05) is 0 Å². The largest absolute Gasteiger partial charge is 0.373 e. The predicted octanol–water partition coefficient (Wildman–Crippen LogP) is 1.97. The van der Waals surface area contributed by atoms with Gasteiger partial charge in [0.2, 0.25) is 0 Å². The Morgan fingerprint density at radius 3 is 2.42 bits per heavy atom. The second-order valence-corrected chi connectivity index (χ2v) is 6.33. The molecule has 1 N–H and O–H groups in total. The van der Waals surface area contributed by atoms with Crippen molar-refractivity contribution in [2.75, 3.05) is 39.1 Å². The van der Waals surface area contributed by atoms with E-state index in [4.69, 9.17) is 0 Å². The van der Waals surface area contributed by atoms with Crippen molar-refractivity contribution in [1.29, 1.82) is 0 Å². The van der Waals surface area contributed by atoms with E-state index in [0.29, 0.717) is 0 Å². The Bertz CT molecular complexity index is 382. The number of anilines is 1. The monoisotopic (exact) mass is 264 g/mol. The van der Waals surface area contributed by atoms with E-state index in [2.05, 4.69) is 74.1 Å². The minimum atomic E-state index is 0.120. The van der Waals surface area contributed by atoms with Crippen LogP contribution in [-0.2, 0) is 6.54 Å². The van der Waals surface area contributed by atoms with Gasteiger partial charge in [0.05, 0.1) is 5.69 Å². The molecule has 1 heterocycles. The second kappa shape index (κ2) is 6.87. The molecular formula is C15H28N4. The van der Waals surface area contributed by atoms with Crippen LogP contribution in [0.15, 0.2) is 18.3 Å². The molecule has 4 nitrogen and oxygen atoms in total. The highest BCUT2D eigenvalue weighted by Gasteiger charge is 2.09. The summed E-state index contributed by atoms with van der Waals surface area (Å²) in [5.74, 6) is 0. The third-order valence-electron chi connectivity index (χ3n) is 2.92. The lowest BCUT2D eigenvalue weighted by Gasteiger charge is -2.23. The minimum absolute atomic E-state index is 0.120. The van der Waals surface area contributed by atoms with E-state index in [9.17, 15) is 0 Å². The zero-order valence-electron chi connectivity index (χ0n) is 13.2. The third-order valence-corrected chi connectivity index (χ3v) is 2.92. The lowest BCUT2D eigenvalue weighted by molar-refractivity contribution is 0.416. The Labute approximate surface area is 117 Å². The van der Waals surface area contributed by atoms with Crippen molar-refractivity contribution in [3.63, 3.8) is 0 Å². The fourth-order valence-corrected chi connectivity index (χ4v) is 1.63. The zero-order chi connectivity index (χ0) is 14.5. The molecule has 0 aliphatic heterocycles. The summed E-state index contributed by atoms with van der Waals surface area (Å²) < 4.78 is 0. The van der Waals surface area contributed by atoms with E-state index in [1.165, 1.54) is 5.69 Å². The van der Waals surface area contributed by atoms with Gasteiger partial charge in [0.15, 0.2) is 0 Å². The molecule has 0 radical (unpaired) electrons. The van der Waals surface area contributed by atoms with Crippen molar-refractivity contribution < 1.29 is 0 Å². The first-order valence-corrected chi connectivity index (χ1v) is 6.84. The van der Waals surface area contributed by atoms with E-state index in [-0.39, 0.29) is 5.54 Å². The lowest BCUT2D eigenvalue weighted by Crippen LogP contribution is -2.35. The zero-order valence-corrected chi connectivity index (χ0v) is 13.2. The van der Waals surface area contributed by atoms with Gasteiger partial charge < -0.3 is 15.1 Å². The molecule has 1 aromatic rings. The van der Waals surface area contributed by atoms with Crippen molar-refractivity contribution in [3.05, 3.63) is 24.0 Å². The van der Waals surface area contributed by atoms with Crippen LogP contribution in [0.5, 0.6) is 0 Å². The van der Waals surface area contributed by atoms with Gasteiger partial charge in [-0.2, -0.15) is 0 Å². The summed E-state index contributed by atoms with van der Waals surface area (Å²) in [4.78, 5) is 8.88. The van der Waals surface area contributed by atoms with Crippen LogP contribution in [0.4, 0.5) is 5.69 Å². The average molecular weight is 264 g/mol. The molecule has 0 amide bonds. The van der Waals surface area contributed by atoms with Gasteiger partial charge in [0.25, 0.3) is 0 Å². The fourth-order valence-electron chi connectivity index (χ4n) is 1.63. The molecule has 0 bridgehead atoms. The summed E-state index contributed by atoms with van der Waals surface area (Å²) in [6.07, 6.45) is 1.89. The smallest absolute Gasteiger partial charge is 0.0562 e. The fraction of sp³-hybridized carbons (Fsp3) is 0.667. The first-order valence-electron chi connectivity index (χ1n) is 6.84. The second-order valence-electron chi connectivity index (χ2n) is 6.33. The molecule has 0 saturated carbocycles. The van der Waals surface area contributed by atoms with Crippen LogP contribution >= 0.6 is 0 Å². The van der Waals surface area contributed by atoms with E-state index in [1.807, 2.05) is 6.20 Å². The summed E-state index contributed by atoms with van der Waals surface area (Å²) in [6, 6.07) is 4.23. The molecule has 108 valence electrons. The molecule has 0 aliphatic carbocycles. The molecule has 0 unspecified atom stereocenters. The van der Waals surface area contributed by atoms with E-state index >= 15 is 0 Å². The summed E-state index contributed by atoms with van der Waals surface area (Å²) in [5.41, 5.74) is 2.43. The molecule has 4 heteroatoms. The van der Waals surface area contributed by atoms with Crippen LogP contribution < -0.4 is 10.2 Å². The van der Waals surface area contributed by atoms with Gasteiger partial charge in [0.1, 0.15) is 0 Å². The van der Waals surface area contributed by atoms with Crippen LogP contribution in [0.2, 0.25) is 0 Å². The molecule has 1 rings (SSSR count). The molecule has 0 spiro atoms. The van der Waals surface area contributed by atoms with Crippen molar-refractivity contribution in [2.24, 2.45) is 0 Å². The van der Waals surface area contributed by atoms with Gasteiger partial charge in [-0.05, 0) is 47.0 Å². The number of aromatic nitrogens is 1. The Balaban J connectivity index is 2.60. The predicted molar refractivity (Wildman–Crippen MR) is 82.7 cm³/mol. The highest BCUT2D eigenvalue weighted by Crippen LogP contribution is 2.13. The third kappa shape index (κ3) is 6.55. The summed E-state index contributed by atoms with van der Waals surface area (Å²) in [5, 5.41) is 3.47. The summed E-state index contributed by atoms with van der Waals surface area (Å²) >= 11 is 0. The normalized spacial score (nSPS) is 11.9. The standard InChI is InChI=1S/C15H28N4/c1-15(2,3)17-12-13-11-14(7-8-16-13)19(6)10-9-18(4)5/h7-8,11,17H,9-10,12H2,1-6H3. The number of hydrogen-bond donors (Lipinski definition) is 1. The van der Waals surface area contributed by atoms with Crippen LogP contribution in [-0.4, -0.2) is 49.7 Å². The van der Waals surface area contributed by atoms with Crippen LogP contribution in [0.25, 0.3) is 0 Å². The maximum absolute atomic E-state index is 4.42. The first kappa shape index (κ1) is 15.9. The Morgan fingerprint density at radius 2 is 1.84 bits per heavy atom. The topological polar surface area (TPSA) is 31.4 Å². The van der Waals surface area contributed by atoms with Gasteiger partial charge in [-0.25, -0.2) is 0 Å². The Morgan fingerprint density at radius 1 is 1.16 bits per heavy atom. The average Bonchev–Trinajstić information content (AvgIpc) is 2.33. The van der Waals surface area contributed by atoms with Gasteiger partial charge in [0, 0.05) is 44.1 Å². The maximum atomic E-state index is 4.42. The van der Waals surface area contributed by atoms with Gasteiger partial charge in [-0.3, -0.25) is 4.98 Å². The summed E-state index contributed by atoms with van der Waals surface area (Å²) in [6.45, 7) is 9.37. The Kier molecular flexibility index (Phi) is 5.76. The number of pyridine rings is 1. The molecular weight excluding hydrogens is 236 g/mol. The number of nitrogens with zero attached hydrogens (tertiary/aromatic N) is 3. The van der Waals surface area contributed by atoms with Gasteiger partial charge >= 0.3 is 0 Å². The van der Waals surface area contributed by atoms with Crippen molar-refractivity contribution in [2.45, 2.75) is 32.9 Å². The maximum Gasteiger partial charge on any atom is 0.0562 e. The minimum Gasteiger partial charge on any atom is -0.373 e. The highest BCUT2D eigenvalue weighted by molar-refractivity contribution is 5.45. The van der Waals surface area contributed by atoms with E-state index in [0.717, 1.165) is 25.3 Å². The molecule has 0 atom stereocenters. The molecule has 0 aliphatic rings. The van der Waals surface area contributed by atoms with Crippen molar-refractivity contribution in [1.82, 2.24) is 15.2 Å². The molecule has 19 heavy (non-hydrogen) atoms. The molecule has 0 fully saturated rings. The van der Waals surface area contributed by atoms with Crippen LogP contribution in [0, 0.1) is 0 Å². The van der Waals surface area contributed by atoms with Crippen LogP contribution in [0.3, 0.4) is 0 Å². The lowest BCUT2D eigenvalue weighted by atomic mass is 10.1. The first-order chi connectivity index (χ1) is 8.78. The van der Waals surface area contributed by atoms with Crippen LogP contribution in [0.1, 0.15) is 26.5 Å². The molecule has 0 saturated heterocycles. The van der Waals surface area contributed by atoms with Crippen molar-refractivity contribution in [3.8, 4) is 0 Å². The number of hydrogen-bond acceptors (Lipinski definition) is 4. The molecule has 0 aromatic carbocycles. The number of nitrogens with one attached hydrogen (secondary N) is 1. The van der Waals surface area contributed by atoms with Gasteiger partial charge in [-0.15, -0.1) is 0 Å². The summed E-state index contributed by atoms with van der Waals surface area (Å²) in [7, 11) is 6.32.